The van der Waals surface area contributed by atoms with Crippen LogP contribution < -0.4 is 20.1 Å². The molecule has 0 aromatic heterocycles. The van der Waals surface area contributed by atoms with Crippen LogP contribution in [0, 0.1) is 5.92 Å². The van der Waals surface area contributed by atoms with E-state index in [0.717, 1.165) is 49.7 Å². The summed E-state index contributed by atoms with van der Waals surface area (Å²) in [4.78, 5) is 17.9. The number of hydrogen-bond donors (Lipinski definition) is 2. The number of nitrogens with one attached hydrogen (secondary N) is 2. The molecule has 1 fully saturated rings. The standard InChI is InChI=1S/C22H36N4O4.HI/c1-5-29-19-8-7-17(13-20(19)30-6-2)9-11-23-22(25-15-21(27)26(3)4)24-14-18-10-12-28-16-18;/h7-8,13,18H,5-6,9-12,14-16H2,1-4H3,(H2,23,24,25);1H. The summed E-state index contributed by atoms with van der Waals surface area (Å²) < 4.78 is 16.8. The minimum Gasteiger partial charge on any atom is -0.490 e. The highest BCUT2D eigenvalue weighted by atomic mass is 127. The molecule has 1 aliphatic rings. The first-order valence-electron chi connectivity index (χ1n) is 10.7. The summed E-state index contributed by atoms with van der Waals surface area (Å²) in [6, 6.07) is 6.02. The van der Waals surface area contributed by atoms with Crippen molar-refractivity contribution >= 4 is 35.8 Å². The highest BCUT2D eigenvalue weighted by molar-refractivity contribution is 14.0. The highest BCUT2D eigenvalue weighted by Gasteiger charge is 2.16. The van der Waals surface area contributed by atoms with Crippen LogP contribution in [0.15, 0.2) is 23.2 Å². The van der Waals surface area contributed by atoms with Crippen LogP contribution in [0.25, 0.3) is 0 Å². The number of nitrogens with zero attached hydrogens (tertiary/aromatic N) is 2. The summed E-state index contributed by atoms with van der Waals surface area (Å²) in [7, 11) is 3.46. The Morgan fingerprint density at radius 2 is 1.94 bits per heavy atom. The number of benzene rings is 1. The Hall–Kier alpha value is -1.75. The average Bonchev–Trinajstić information content (AvgIpc) is 3.25. The molecule has 1 amide bonds. The monoisotopic (exact) mass is 548 g/mol. The molecule has 1 aromatic rings. The quantitative estimate of drug-likeness (QED) is 0.251. The molecular weight excluding hydrogens is 511 g/mol. The van der Waals surface area contributed by atoms with E-state index < -0.39 is 0 Å². The Balaban J connectivity index is 0.00000480. The molecule has 31 heavy (non-hydrogen) atoms. The minimum atomic E-state index is -0.0341. The van der Waals surface area contributed by atoms with Gasteiger partial charge in [-0.15, -0.1) is 24.0 Å². The van der Waals surface area contributed by atoms with E-state index in [9.17, 15) is 4.79 Å². The smallest absolute Gasteiger partial charge is 0.243 e. The third-order valence-electron chi connectivity index (χ3n) is 4.77. The molecule has 1 aliphatic heterocycles. The van der Waals surface area contributed by atoms with Gasteiger partial charge in [0, 0.05) is 39.7 Å². The van der Waals surface area contributed by atoms with E-state index in [-0.39, 0.29) is 36.4 Å². The predicted molar refractivity (Wildman–Crippen MR) is 134 cm³/mol. The molecule has 0 aliphatic carbocycles. The van der Waals surface area contributed by atoms with Crippen LogP contribution in [0.4, 0.5) is 0 Å². The normalized spacial score (nSPS) is 15.7. The van der Waals surface area contributed by atoms with E-state index in [1.165, 1.54) is 0 Å². The molecule has 0 spiro atoms. The van der Waals surface area contributed by atoms with Gasteiger partial charge in [-0.25, -0.2) is 4.99 Å². The number of amides is 1. The second-order valence-electron chi connectivity index (χ2n) is 7.39. The van der Waals surface area contributed by atoms with Gasteiger partial charge in [-0.1, -0.05) is 6.07 Å². The molecule has 1 aromatic carbocycles. The molecule has 0 bridgehead atoms. The van der Waals surface area contributed by atoms with Crippen LogP contribution in [-0.4, -0.2) is 76.9 Å². The number of halogens is 1. The fourth-order valence-corrected chi connectivity index (χ4v) is 3.02. The number of guanidine groups is 1. The largest absolute Gasteiger partial charge is 0.490 e. The fraction of sp³-hybridized carbons (Fsp3) is 0.636. The van der Waals surface area contributed by atoms with Crippen molar-refractivity contribution in [2.24, 2.45) is 10.9 Å². The van der Waals surface area contributed by atoms with Crippen LogP contribution in [0.5, 0.6) is 11.5 Å². The molecule has 2 N–H and O–H groups in total. The Bertz CT molecular complexity index is 694. The Morgan fingerprint density at radius 1 is 1.19 bits per heavy atom. The van der Waals surface area contributed by atoms with Gasteiger partial charge in [0.2, 0.25) is 5.91 Å². The third-order valence-corrected chi connectivity index (χ3v) is 4.77. The van der Waals surface area contributed by atoms with Gasteiger partial charge in [-0.2, -0.15) is 0 Å². The van der Waals surface area contributed by atoms with Crippen LogP contribution >= 0.6 is 24.0 Å². The number of hydrogen-bond acceptors (Lipinski definition) is 5. The third kappa shape index (κ3) is 9.94. The second-order valence-corrected chi connectivity index (χ2v) is 7.39. The van der Waals surface area contributed by atoms with Crippen molar-refractivity contribution in [1.29, 1.82) is 0 Å². The zero-order valence-corrected chi connectivity index (χ0v) is 21.4. The summed E-state index contributed by atoms with van der Waals surface area (Å²) in [5.41, 5.74) is 1.14. The van der Waals surface area contributed by atoms with Gasteiger partial charge in [0.05, 0.1) is 19.8 Å². The number of carbonyl (C=O) groups excluding carboxylic acids is 1. The summed E-state index contributed by atoms with van der Waals surface area (Å²) >= 11 is 0. The maximum atomic E-state index is 11.9. The SMILES string of the molecule is CCOc1ccc(CCNC(=NCC(=O)N(C)C)NCC2CCOC2)cc1OCC.I. The minimum absolute atomic E-state index is 0. The number of aliphatic imine (C=N–C) groups is 1. The van der Waals surface area contributed by atoms with Crippen molar-refractivity contribution in [2.45, 2.75) is 26.7 Å². The van der Waals surface area contributed by atoms with E-state index >= 15 is 0 Å². The maximum absolute atomic E-state index is 11.9. The Kier molecular flexibility index (Phi) is 13.3. The first kappa shape index (κ1) is 27.3. The number of likely N-dealkylation sites (N-methyl/N-ethyl adjacent to an activating group) is 1. The summed E-state index contributed by atoms with van der Waals surface area (Å²) in [5.74, 6) is 2.62. The average molecular weight is 548 g/mol. The van der Waals surface area contributed by atoms with E-state index in [0.29, 0.717) is 31.6 Å². The topological polar surface area (TPSA) is 84.4 Å². The van der Waals surface area contributed by atoms with Gasteiger partial charge in [0.15, 0.2) is 17.5 Å². The molecule has 8 nitrogen and oxygen atoms in total. The van der Waals surface area contributed by atoms with E-state index in [4.69, 9.17) is 14.2 Å². The maximum Gasteiger partial charge on any atom is 0.243 e. The molecule has 1 saturated heterocycles. The van der Waals surface area contributed by atoms with Crippen molar-refractivity contribution in [2.75, 3.05) is 60.2 Å². The van der Waals surface area contributed by atoms with Gasteiger partial charge >= 0.3 is 0 Å². The number of rotatable bonds is 11. The molecule has 1 atom stereocenters. The Labute approximate surface area is 203 Å². The fourth-order valence-electron chi connectivity index (χ4n) is 3.02. The summed E-state index contributed by atoms with van der Waals surface area (Å²) in [6.07, 6.45) is 1.84. The van der Waals surface area contributed by atoms with Gasteiger partial charge in [-0.3, -0.25) is 4.79 Å². The van der Waals surface area contributed by atoms with Crippen molar-refractivity contribution in [3.05, 3.63) is 23.8 Å². The Morgan fingerprint density at radius 3 is 2.58 bits per heavy atom. The van der Waals surface area contributed by atoms with Crippen LogP contribution in [0.2, 0.25) is 0 Å². The first-order valence-corrected chi connectivity index (χ1v) is 10.7. The lowest BCUT2D eigenvalue weighted by atomic mass is 10.1. The molecule has 0 radical (unpaired) electrons. The summed E-state index contributed by atoms with van der Waals surface area (Å²) in [6.45, 7) is 8.26. The van der Waals surface area contributed by atoms with Crippen molar-refractivity contribution in [3.8, 4) is 11.5 Å². The van der Waals surface area contributed by atoms with Gasteiger partial charge in [-0.05, 0) is 44.4 Å². The van der Waals surface area contributed by atoms with Crippen LogP contribution in [-0.2, 0) is 16.0 Å². The van der Waals surface area contributed by atoms with Gasteiger partial charge < -0.3 is 29.7 Å². The summed E-state index contributed by atoms with van der Waals surface area (Å²) in [5, 5.41) is 6.68. The number of ether oxygens (including phenoxy) is 3. The molecule has 9 heteroatoms. The highest BCUT2D eigenvalue weighted by Crippen LogP contribution is 2.28. The van der Waals surface area contributed by atoms with Crippen molar-refractivity contribution in [1.82, 2.24) is 15.5 Å². The van der Waals surface area contributed by atoms with Crippen molar-refractivity contribution in [3.63, 3.8) is 0 Å². The molecule has 1 heterocycles. The molecule has 0 saturated carbocycles. The second kappa shape index (κ2) is 15.1. The van der Waals surface area contributed by atoms with Crippen LogP contribution in [0.3, 0.4) is 0 Å². The van der Waals surface area contributed by atoms with E-state index in [2.05, 4.69) is 15.6 Å². The molecule has 176 valence electrons. The molecular formula is C22H37IN4O4. The van der Waals surface area contributed by atoms with Crippen LogP contribution in [0.1, 0.15) is 25.8 Å². The van der Waals surface area contributed by atoms with E-state index in [1.54, 1.807) is 19.0 Å². The van der Waals surface area contributed by atoms with Crippen molar-refractivity contribution < 1.29 is 19.0 Å². The zero-order valence-electron chi connectivity index (χ0n) is 19.1. The van der Waals surface area contributed by atoms with Gasteiger partial charge in [0.25, 0.3) is 0 Å². The van der Waals surface area contributed by atoms with Gasteiger partial charge in [0.1, 0.15) is 6.54 Å². The number of carbonyl (C=O) groups is 1. The first-order chi connectivity index (χ1) is 14.5. The predicted octanol–water partition coefficient (Wildman–Crippen LogP) is 2.30. The lowest BCUT2D eigenvalue weighted by molar-refractivity contribution is -0.127. The lowest BCUT2D eigenvalue weighted by Gasteiger charge is -2.16. The molecule has 1 unspecified atom stereocenters. The van der Waals surface area contributed by atoms with E-state index in [1.807, 2.05) is 32.0 Å². The lowest BCUT2D eigenvalue weighted by Crippen LogP contribution is -2.41. The molecule has 2 rings (SSSR count). The zero-order chi connectivity index (χ0) is 21.8.